The van der Waals surface area contributed by atoms with Crippen molar-refractivity contribution in [1.82, 2.24) is 25.6 Å². The zero-order valence-electron chi connectivity index (χ0n) is 20.2. The molecule has 1 aromatic carbocycles. The van der Waals surface area contributed by atoms with Gasteiger partial charge in [-0.25, -0.2) is 9.78 Å². The van der Waals surface area contributed by atoms with Crippen molar-refractivity contribution in [2.24, 2.45) is 0 Å². The first-order chi connectivity index (χ1) is 17.5. The third-order valence-corrected chi connectivity index (χ3v) is 7.33. The van der Waals surface area contributed by atoms with Gasteiger partial charge in [-0.05, 0) is 30.2 Å². The molecule has 36 heavy (non-hydrogen) atoms. The highest BCUT2D eigenvalue weighted by molar-refractivity contribution is 6.32. The molecule has 2 aromatic rings. The number of carbonyl (C=O) groups is 2. The number of piperidine rings is 1. The second kappa shape index (κ2) is 10.8. The minimum atomic E-state index is -0.560. The number of amides is 3. The van der Waals surface area contributed by atoms with Crippen LogP contribution < -0.4 is 15.7 Å². The normalized spacial score (nSPS) is 19.1. The van der Waals surface area contributed by atoms with Gasteiger partial charge in [-0.1, -0.05) is 41.9 Å². The van der Waals surface area contributed by atoms with Gasteiger partial charge < -0.3 is 20.0 Å². The van der Waals surface area contributed by atoms with E-state index in [4.69, 9.17) is 16.4 Å². The van der Waals surface area contributed by atoms with E-state index in [0.717, 1.165) is 12.2 Å². The Hall–Kier alpha value is -3.30. The highest BCUT2D eigenvalue weighted by Crippen LogP contribution is 2.32. The third-order valence-electron chi connectivity index (χ3n) is 7.04. The zero-order valence-corrected chi connectivity index (χ0v) is 20.9. The van der Waals surface area contributed by atoms with Crippen molar-refractivity contribution < 1.29 is 14.4 Å². The highest BCUT2D eigenvalue weighted by Gasteiger charge is 2.41. The smallest absolute Gasteiger partial charge is 0.317 e. The summed E-state index contributed by atoms with van der Waals surface area (Å²) in [7, 11) is 0. The number of carbonyl (C=O) groups excluding carboxylic acids is 2. The Morgan fingerprint density at radius 3 is 2.47 bits per heavy atom. The number of benzene rings is 1. The van der Waals surface area contributed by atoms with Gasteiger partial charge in [0.1, 0.15) is 17.1 Å². The van der Waals surface area contributed by atoms with E-state index in [0.29, 0.717) is 69.4 Å². The van der Waals surface area contributed by atoms with E-state index in [1.807, 2.05) is 46.2 Å². The summed E-state index contributed by atoms with van der Waals surface area (Å²) in [6, 6.07) is 13.7. The van der Waals surface area contributed by atoms with Gasteiger partial charge in [0.15, 0.2) is 0 Å². The number of nitrogens with zero attached hydrogens (tertiary/aromatic N) is 4. The second-order valence-electron chi connectivity index (χ2n) is 9.37. The number of anilines is 1. The molecule has 190 valence electrons. The number of pyridine rings is 1. The standard InChI is InChI=1S/C26H31ClN6O3/c27-21-7-4-11-28-23(21)31-15-17-32(18-16-31)24(34)22-19-26(36-30-22)9-13-33(14-10-26)25(35)29-12-8-20-5-2-1-3-6-20/h1-7,11,19,30H,8-10,12-18H2,(H,29,35). The fraction of sp³-hybridized carbons (Fsp3) is 0.423. The third kappa shape index (κ3) is 5.42. The van der Waals surface area contributed by atoms with E-state index in [-0.39, 0.29) is 11.9 Å². The van der Waals surface area contributed by atoms with E-state index in [1.54, 1.807) is 6.20 Å². The lowest BCUT2D eigenvalue weighted by Crippen LogP contribution is -2.50. The number of rotatable bonds is 5. The molecule has 1 spiro atoms. The largest absolute Gasteiger partial charge is 0.352 e. The van der Waals surface area contributed by atoms with Crippen LogP contribution in [0.1, 0.15) is 18.4 Å². The zero-order chi connectivity index (χ0) is 25.0. The number of urea groups is 1. The van der Waals surface area contributed by atoms with Crippen LogP contribution >= 0.6 is 11.6 Å². The summed E-state index contributed by atoms with van der Waals surface area (Å²) < 4.78 is 0. The maximum Gasteiger partial charge on any atom is 0.317 e. The van der Waals surface area contributed by atoms with Gasteiger partial charge >= 0.3 is 6.03 Å². The quantitative estimate of drug-likeness (QED) is 0.642. The molecule has 0 saturated carbocycles. The number of halogens is 1. The van der Waals surface area contributed by atoms with Crippen molar-refractivity contribution in [3.63, 3.8) is 0 Å². The number of aromatic nitrogens is 1. The van der Waals surface area contributed by atoms with Crippen LogP contribution in [-0.2, 0) is 16.1 Å². The summed E-state index contributed by atoms with van der Waals surface area (Å²) in [4.78, 5) is 41.7. The van der Waals surface area contributed by atoms with Crippen molar-refractivity contribution in [3.8, 4) is 0 Å². The van der Waals surface area contributed by atoms with E-state index in [1.165, 1.54) is 5.56 Å². The van der Waals surface area contributed by atoms with Gasteiger partial charge in [-0.2, -0.15) is 0 Å². The lowest BCUT2D eigenvalue weighted by Gasteiger charge is -2.36. The van der Waals surface area contributed by atoms with Crippen LogP contribution in [0.3, 0.4) is 0 Å². The van der Waals surface area contributed by atoms with Crippen molar-refractivity contribution in [3.05, 3.63) is 71.0 Å². The SMILES string of the molecule is O=C(NCCc1ccccc1)N1CCC2(C=C(C(=O)N3CCN(c4ncccc4Cl)CC3)NO2)CC1. The first-order valence-electron chi connectivity index (χ1n) is 12.4. The molecule has 9 nitrogen and oxygen atoms in total. The molecular formula is C26H31ClN6O3. The van der Waals surface area contributed by atoms with Gasteiger partial charge in [0.25, 0.3) is 5.91 Å². The van der Waals surface area contributed by atoms with Crippen molar-refractivity contribution in [2.75, 3.05) is 50.7 Å². The summed E-state index contributed by atoms with van der Waals surface area (Å²) in [5, 5.41) is 3.62. The number of hydroxylamine groups is 1. The fourth-order valence-corrected chi connectivity index (χ4v) is 5.13. The molecule has 0 unspecified atom stereocenters. The topological polar surface area (TPSA) is 90.0 Å². The maximum atomic E-state index is 13.1. The Morgan fingerprint density at radius 2 is 1.75 bits per heavy atom. The molecule has 10 heteroatoms. The van der Waals surface area contributed by atoms with Crippen LogP contribution in [0.25, 0.3) is 0 Å². The number of likely N-dealkylation sites (tertiary alicyclic amines) is 1. The van der Waals surface area contributed by atoms with Crippen LogP contribution in [0.4, 0.5) is 10.6 Å². The Labute approximate surface area is 216 Å². The summed E-state index contributed by atoms with van der Waals surface area (Å²) in [6.07, 6.45) is 5.70. The number of hydrogen-bond acceptors (Lipinski definition) is 6. The summed E-state index contributed by atoms with van der Waals surface area (Å²) >= 11 is 6.27. The molecule has 2 N–H and O–H groups in total. The average molecular weight is 511 g/mol. The summed E-state index contributed by atoms with van der Waals surface area (Å²) in [5.74, 6) is 0.683. The van der Waals surface area contributed by atoms with E-state index < -0.39 is 5.60 Å². The molecule has 0 radical (unpaired) electrons. The maximum absolute atomic E-state index is 13.1. The van der Waals surface area contributed by atoms with Gasteiger partial charge in [-0.15, -0.1) is 0 Å². The van der Waals surface area contributed by atoms with Crippen LogP contribution in [-0.4, -0.2) is 78.1 Å². The molecule has 5 rings (SSSR count). The lowest BCUT2D eigenvalue weighted by atomic mass is 9.91. The minimum Gasteiger partial charge on any atom is -0.352 e. The van der Waals surface area contributed by atoms with Gasteiger partial charge in [0.05, 0.1) is 5.02 Å². The Kier molecular flexibility index (Phi) is 7.29. The molecule has 2 fully saturated rings. The predicted octanol–water partition coefficient (Wildman–Crippen LogP) is 2.59. The van der Waals surface area contributed by atoms with Crippen molar-refractivity contribution in [1.29, 1.82) is 0 Å². The monoisotopic (exact) mass is 510 g/mol. The van der Waals surface area contributed by atoms with Crippen molar-refractivity contribution in [2.45, 2.75) is 24.9 Å². The summed E-state index contributed by atoms with van der Waals surface area (Å²) in [6.45, 7) is 4.22. The number of hydrogen-bond donors (Lipinski definition) is 2. The number of piperazine rings is 1. The summed E-state index contributed by atoms with van der Waals surface area (Å²) in [5.41, 5.74) is 3.98. The molecule has 3 amide bonds. The van der Waals surface area contributed by atoms with Crippen molar-refractivity contribution >= 4 is 29.4 Å². The molecule has 0 atom stereocenters. The first-order valence-corrected chi connectivity index (χ1v) is 12.8. The second-order valence-corrected chi connectivity index (χ2v) is 9.78. The van der Waals surface area contributed by atoms with Crippen LogP contribution in [0.5, 0.6) is 0 Å². The van der Waals surface area contributed by atoms with E-state index in [2.05, 4.69) is 32.8 Å². The van der Waals surface area contributed by atoms with Gasteiger partial charge in [0, 0.05) is 64.9 Å². The molecule has 3 aliphatic rings. The Bertz CT molecular complexity index is 1110. The fourth-order valence-electron chi connectivity index (χ4n) is 4.89. The predicted molar refractivity (Wildman–Crippen MR) is 137 cm³/mol. The molecule has 0 bridgehead atoms. The molecular weight excluding hydrogens is 480 g/mol. The lowest BCUT2D eigenvalue weighted by molar-refractivity contribution is -0.129. The van der Waals surface area contributed by atoms with Gasteiger partial charge in [-0.3, -0.25) is 15.1 Å². The van der Waals surface area contributed by atoms with Crippen LogP contribution in [0.15, 0.2) is 60.4 Å². The first kappa shape index (κ1) is 24.4. The molecule has 1 aromatic heterocycles. The van der Waals surface area contributed by atoms with E-state index in [9.17, 15) is 9.59 Å². The van der Waals surface area contributed by atoms with E-state index >= 15 is 0 Å². The Balaban J connectivity index is 1.09. The molecule has 4 heterocycles. The molecule has 0 aliphatic carbocycles. The molecule has 3 aliphatic heterocycles. The Morgan fingerprint density at radius 1 is 1.00 bits per heavy atom. The molecule has 2 saturated heterocycles. The van der Waals surface area contributed by atoms with Crippen LogP contribution in [0.2, 0.25) is 5.02 Å². The number of nitrogens with one attached hydrogen (secondary N) is 2. The highest BCUT2D eigenvalue weighted by atomic mass is 35.5. The average Bonchev–Trinajstić information content (AvgIpc) is 3.33. The van der Waals surface area contributed by atoms with Gasteiger partial charge in [0.2, 0.25) is 0 Å². The van der Waals surface area contributed by atoms with Crippen LogP contribution in [0, 0.1) is 0 Å². The minimum absolute atomic E-state index is 0.0575.